The largest absolute Gasteiger partial charge is 0.480 e. The molecule has 0 fully saturated rings. The first-order chi connectivity index (χ1) is 19.7. The van der Waals surface area contributed by atoms with Crippen molar-refractivity contribution in [3.8, 4) is 0 Å². The summed E-state index contributed by atoms with van der Waals surface area (Å²) in [5, 5.41) is 40.2. The summed E-state index contributed by atoms with van der Waals surface area (Å²) in [7, 11) is 0. The van der Waals surface area contributed by atoms with Crippen molar-refractivity contribution in [3.05, 3.63) is 71.8 Å². The molecule has 4 aromatic carbocycles. The van der Waals surface area contributed by atoms with E-state index in [0.29, 0.717) is 0 Å². The number of nitrogens with two attached hydrogens (primary N) is 1. The minimum atomic E-state index is -1.24. The number of benzene rings is 4. The Morgan fingerprint density at radius 1 is 0.902 bits per heavy atom. The third-order valence-electron chi connectivity index (χ3n) is 7.35. The van der Waals surface area contributed by atoms with Gasteiger partial charge in [-0.3, -0.25) is 19.2 Å². The van der Waals surface area contributed by atoms with Crippen LogP contribution in [0.15, 0.2) is 60.7 Å². The fourth-order valence-electron chi connectivity index (χ4n) is 5.37. The molecule has 1 aliphatic rings. The van der Waals surface area contributed by atoms with Crippen LogP contribution in [-0.2, 0) is 19.2 Å². The van der Waals surface area contributed by atoms with Crippen molar-refractivity contribution in [1.29, 1.82) is 0 Å². The Bertz CT molecular complexity index is 1690. The number of nitrogens with one attached hydrogen (secondary N) is 2. The van der Waals surface area contributed by atoms with E-state index in [4.69, 9.17) is 15.9 Å². The molecule has 2 amide bonds. The maximum Gasteiger partial charge on any atom is 0.322 e. The maximum atomic E-state index is 12.9. The third-order valence-corrected chi connectivity index (χ3v) is 8.74. The van der Waals surface area contributed by atoms with Crippen LogP contribution in [0.5, 0.6) is 0 Å². The number of aliphatic hydroxyl groups is 1. The van der Waals surface area contributed by atoms with Gasteiger partial charge < -0.3 is 31.7 Å². The van der Waals surface area contributed by atoms with Crippen molar-refractivity contribution < 1.29 is 34.5 Å². The molecule has 4 unspecified atom stereocenters. The molecular weight excluding hydrogens is 546 g/mol. The topological polar surface area (TPSA) is 179 Å². The molecule has 7 N–H and O–H groups in total. The molecule has 0 aromatic heterocycles. The van der Waals surface area contributed by atoms with E-state index in [1.807, 2.05) is 42.5 Å². The number of amides is 2. The number of hydrogen-bond acceptors (Lipinski definition) is 7. The van der Waals surface area contributed by atoms with E-state index in [0.717, 1.165) is 43.4 Å². The fourth-order valence-corrected chi connectivity index (χ4v) is 6.70. The van der Waals surface area contributed by atoms with E-state index >= 15 is 0 Å². The predicted molar refractivity (Wildman–Crippen MR) is 157 cm³/mol. The summed E-state index contributed by atoms with van der Waals surface area (Å²) < 4.78 is 0. The highest BCUT2D eigenvalue weighted by atomic mass is 32.2. The Morgan fingerprint density at radius 2 is 1.66 bits per heavy atom. The lowest BCUT2D eigenvalue weighted by molar-refractivity contribution is -0.139. The zero-order chi connectivity index (χ0) is 29.3. The van der Waals surface area contributed by atoms with E-state index < -0.39 is 53.7 Å². The molecule has 0 bridgehead atoms. The van der Waals surface area contributed by atoms with Gasteiger partial charge >= 0.3 is 11.9 Å². The second kappa shape index (κ2) is 11.7. The monoisotopic (exact) mass is 575 g/mol. The quantitative estimate of drug-likeness (QED) is 0.147. The number of hydrogen-bond donors (Lipinski definition) is 6. The van der Waals surface area contributed by atoms with Gasteiger partial charge in [0, 0.05) is 12.2 Å². The molecule has 10 nitrogen and oxygen atoms in total. The highest BCUT2D eigenvalue weighted by molar-refractivity contribution is 7.99. The van der Waals surface area contributed by atoms with Gasteiger partial charge in [0.05, 0.1) is 11.4 Å². The number of carbonyl (C=O) groups is 4. The highest BCUT2D eigenvalue weighted by Crippen LogP contribution is 2.52. The number of thioether (sulfide) groups is 1. The van der Waals surface area contributed by atoms with Crippen molar-refractivity contribution in [2.45, 2.75) is 36.3 Å². The molecule has 1 aliphatic carbocycles. The van der Waals surface area contributed by atoms with Crippen molar-refractivity contribution in [1.82, 2.24) is 10.6 Å². The van der Waals surface area contributed by atoms with Gasteiger partial charge in [0.2, 0.25) is 11.8 Å². The van der Waals surface area contributed by atoms with Gasteiger partial charge in [-0.15, -0.1) is 11.8 Å². The first-order valence-corrected chi connectivity index (χ1v) is 14.1. The lowest BCUT2D eigenvalue weighted by Gasteiger charge is -2.32. The van der Waals surface area contributed by atoms with Crippen LogP contribution in [0.4, 0.5) is 0 Å². The molecule has 0 radical (unpaired) electrons. The van der Waals surface area contributed by atoms with Crippen molar-refractivity contribution in [2.75, 3.05) is 12.3 Å². The SMILES string of the molecule is NC(CCC(=O)NC(CSC1c2cc3ccccc3c3ccc4cccc(c4c23)C1O)C(=O)NCC(=O)O)C(=O)O. The van der Waals surface area contributed by atoms with E-state index in [2.05, 4.69) is 28.8 Å². The molecule has 0 spiro atoms. The van der Waals surface area contributed by atoms with Crippen LogP contribution in [0.3, 0.4) is 0 Å². The van der Waals surface area contributed by atoms with Gasteiger partial charge in [0.1, 0.15) is 18.6 Å². The van der Waals surface area contributed by atoms with Crippen LogP contribution in [0.1, 0.15) is 35.3 Å². The fraction of sp³-hybridized carbons (Fsp3) is 0.267. The van der Waals surface area contributed by atoms with Crippen LogP contribution in [-0.4, -0.2) is 63.5 Å². The zero-order valence-electron chi connectivity index (χ0n) is 21.9. The third kappa shape index (κ3) is 5.69. The number of rotatable bonds is 11. The molecule has 4 atom stereocenters. The number of aliphatic carboxylic acids is 2. The second-order valence-corrected chi connectivity index (χ2v) is 11.2. The molecule has 4 aromatic rings. The van der Waals surface area contributed by atoms with Gasteiger partial charge in [0.15, 0.2) is 0 Å². The summed E-state index contributed by atoms with van der Waals surface area (Å²) in [6, 6.07) is 17.6. The zero-order valence-corrected chi connectivity index (χ0v) is 22.7. The van der Waals surface area contributed by atoms with Gasteiger partial charge in [0.25, 0.3) is 0 Å². The molecule has 0 saturated heterocycles. The first kappa shape index (κ1) is 28.3. The number of carboxylic acid groups (broad SMARTS) is 2. The summed E-state index contributed by atoms with van der Waals surface area (Å²) >= 11 is 1.29. The van der Waals surface area contributed by atoms with Crippen molar-refractivity contribution in [2.24, 2.45) is 5.73 Å². The molecule has 212 valence electrons. The maximum absolute atomic E-state index is 12.9. The van der Waals surface area contributed by atoms with Crippen LogP contribution in [0.2, 0.25) is 0 Å². The van der Waals surface area contributed by atoms with E-state index in [9.17, 15) is 24.3 Å². The first-order valence-electron chi connectivity index (χ1n) is 13.1. The molecule has 0 aliphatic heterocycles. The smallest absolute Gasteiger partial charge is 0.322 e. The second-order valence-electron chi connectivity index (χ2n) is 10.0. The Balaban J connectivity index is 1.47. The van der Waals surface area contributed by atoms with Gasteiger partial charge in [-0.1, -0.05) is 54.6 Å². The van der Waals surface area contributed by atoms with Crippen LogP contribution in [0.25, 0.3) is 32.3 Å². The summed E-state index contributed by atoms with van der Waals surface area (Å²) in [5.74, 6) is -3.75. The lowest BCUT2D eigenvalue weighted by atomic mass is 9.82. The molecule has 41 heavy (non-hydrogen) atoms. The minimum absolute atomic E-state index is 0.0242. The standard InChI is InChI=1S/C30H29N3O7S/c31-21(30(39)40)10-11-23(34)33-22(29(38)32-13-24(35)36)14-41-28-20-12-16-4-1-2-6-17(16)18-9-8-15-5-3-7-19(27(28)37)25(15)26(18)20/h1-9,12,21-22,27-28,37H,10-11,13-14,31H2,(H,32,38)(H,33,34)(H,35,36)(H,39,40). The number of carboxylic acids is 2. The molecular formula is C30H29N3O7S. The number of carbonyl (C=O) groups excluding carboxylic acids is 2. The summed E-state index contributed by atoms with van der Waals surface area (Å²) in [6.07, 6.45) is -1.27. The minimum Gasteiger partial charge on any atom is -0.480 e. The normalized spacial score (nSPS) is 17.4. The van der Waals surface area contributed by atoms with Gasteiger partial charge in [-0.2, -0.15) is 0 Å². The summed E-state index contributed by atoms with van der Waals surface area (Å²) in [5.41, 5.74) is 7.18. The number of aliphatic hydroxyl groups excluding tert-OH is 1. The van der Waals surface area contributed by atoms with Gasteiger partial charge in [-0.25, -0.2) is 0 Å². The Labute approximate surface area is 238 Å². The van der Waals surface area contributed by atoms with Crippen LogP contribution in [0, 0.1) is 0 Å². The van der Waals surface area contributed by atoms with Crippen molar-refractivity contribution in [3.63, 3.8) is 0 Å². The highest BCUT2D eigenvalue weighted by Gasteiger charge is 2.34. The Morgan fingerprint density at radius 3 is 2.41 bits per heavy atom. The lowest BCUT2D eigenvalue weighted by Crippen LogP contribution is -2.49. The van der Waals surface area contributed by atoms with Crippen LogP contribution >= 0.6 is 11.8 Å². The molecule has 5 rings (SSSR count). The average molecular weight is 576 g/mol. The summed E-state index contributed by atoms with van der Waals surface area (Å²) in [6.45, 7) is -0.632. The Hall–Kier alpha value is -4.19. The van der Waals surface area contributed by atoms with E-state index in [1.54, 1.807) is 0 Å². The molecule has 0 saturated carbocycles. The van der Waals surface area contributed by atoms with Crippen molar-refractivity contribution >= 4 is 67.8 Å². The van der Waals surface area contributed by atoms with E-state index in [1.165, 1.54) is 11.8 Å². The van der Waals surface area contributed by atoms with E-state index in [-0.39, 0.29) is 18.6 Å². The predicted octanol–water partition coefficient (Wildman–Crippen LogP) is 2.85. The van der Waals surface area contributed by atoms with Crippen LogP contribution < -0.4 is 16.4 Å². The Kier molecular flexibility index (Phi) is 8.11. The summed E-state index contributed by atoms with van der Waals surface area (Å²) in [4.78, 5) is 47.6. The molecule has 11 heteroatoms. The van der Waals surface area contributed by atoms with Gasteiger partial charge in [-0.05, 0) is 55.9 Å². The number of fused-ring (bicyclic) bond motifs is 2. The average Bonchev–Trinajstić information content (AvgIpc) is 2.96. The molecule has 0 heterocycles.